The van der Waals surface area contributed by atoms with Crippen LogP contribution in [0.5, 0.6) is 0 Å². The molecule has 6 nitrogen and oxygen atoms in total. The number of ether oxygens (including phenoxy) is 2. The first-order valence-corrected chi connectivity index (χ1v) is 5.75. The molecular weight excluding hydrogens is 287 g/mol. The Morgan fingerprint density at radius 3 is 2.19 bits per heavy atom. The molecule has 0 radical (unpaired) electrons. The minimum atomic E-state index is -1.22. The predicted molar refractivity (Wildman–Crippen MR) is 70.6 cm³/mol. The SMILES string of the molecule is C=C(C)C(=O)OCCOC(=O)c1ccccc1C(=O)O.[H-].[Na+]. The average molecular weight is 302 g/mol. The van der Waals surface area contributed by atoms with Gasteiger partial charge in [-0.2, -0.15) is 0 Å². The molecule has 108 valence electrons. The first-order chi connectivity index (χ1) is 9.43. The fraction of sp³-hybridized carbons (Fsp3) is 0.214. The zero-order chi connectivity index (χ0) is 15.1. The Bertz CT molecular complexity index is 558. The third-order valence-electron chi connectivity index (χ3n) is 2.28. The van der Waals surface area contributed by atoms with Crippen LogP contribution < -0.4 is 29.6 Å². The van der Waals surface area contributed by atoms with E-state index in [1.807, 2.05) is 0 Å². The van der Waals surface area contributed by atoms with Gasteiger partial charge < -0.3 is 16.0 Å². The van der Waals surface area contributed by atoms with E-state index in [4.69, 9.17) is 14.6 Å². The molecule has 0 heterocycles. The van der Waals surface area contributed by atoms with Gasteiger partial charge in [0.15, 0.2) is 0 Å². The summed E-state index contributed by atoms with van der Waals surface area (Å²) >= 11 is 0. The van der Waals surface area contributed by atoms with E-state index in [9.17, 15) is 14.4 Å². The van der Waals surface area contributed by atoms with Gasteiger partial charge in [0.2, 0.25) is 0 Å². The summed E-state index contributed by atoms with van der Waals surface area (Å²) in [6, 6.07) is 5.70. The van der Waals surface area contributed by atoms with Gasteiger partial charge in [-0.1, -0.05) is 18.7 Å². The van der Waals surface area contributed by atoms with E-state index >= 15 is 0 Å². The van der Waals surface area contributed by atoms with Crippen molar-refractivity contribution in [2.45, 2.75) is 6.92 Å². The second-order valence-electron chi connectivity index (χ2n) is 3.90. The first kappa shape index (κ1) is 19.4. The van der Waals surface area contributed by atoms with E-state index in [0.29, 0.717) is 0 Å². The van der Waals surface area contributed by atoms with Gasteiger partial charge in [0.25, 0.3) is 0 Å². The van der Waals surface area contributed by atoms with Crippen LogP contribution in [0, 0.1) is 0 Å². The molecule has 0 aliphatic heterocycles. The number of carbonyl (C=O) groups excluding carboxylic acids is 2. The maximum atomic E-state index is 11.7. The predicted octanol–water partition coefficient (Wildman–Crippen LogP) is -1.22. The van der Waals surface area contributed by atoms with E-state index in [0.717, 1.165) is 0 Å². The monoisotopic (exact) mass is 302 g/mol. The minimum absolute atomic E-state index is 0. The molecule has 0 unspecified atom stereocenters. The number of rotatable bonds is 6. The molecule has 1 rings (SSSR count). The van der Waals surface area contributed by atoms with Crippen molar-refractivity contribution in [3.8, 4) is 0 Å². The molecule has 0 amide bonds. The Morgan fingerprint density at radius 1 is 1.14 bits per heavy atom. The number of hydrogen-bond donors (Lipinski definition) is 1. The molecule has 0 bridgehead atoms. The number of hydrogen-bond acceptors (Lipinski definition) is 5. The largest absolute Gasteiger partial charge is 1.00 e. The average Bonchev–Trinajstić information content (AvgIpc) is 2.42. The number of carboxylic acid groups (broad SMARTS) is 1. The molecule has 1 N–H and O–H groups in total. The van der Waals surface area contributed by atoms with Gasteiger partial charge in [0.05, 0.1) is 11.1 Å². The summed E-state index contributed by atoms with van der Waals surface area (Å²) in [6.45, 7) is 4.62. The van der Waals surface area contributed by atoms with E-state index in [-0.39, 0.29) is 60.9 Å². The minimum Gasteiger partial charge on any atom is -1.00 e. The number of benzene rings is 1. The number of carboxylic acids is 1. The van der Waals surface area contributed by atoms with Crippen LogP contribution in [0.1, 0.15) is 29.1 Å². The third-order valence-corrected chi connectivity index (χ3v) is 2.28. The fourth-order valence-electron chi connectivity index (χ4n) is 1.32. The zero-order valence-corrected chi connectivity index (χ0v) is 13.9. The van der Waals surface area contributed by atoms with Gasteiger partial charge in [-0.3, -0.25) is 0 Å². The van der Waals surface area contributed by atoms with Crippen molar-refractivity contribution < 1.29 is 59.9 Å². The quantitative estimate of drug-likeness (QED) is 0.306. The Balaban J connectivity index is 0. The van der Waals surface area contributed by atoms with E-state index < -0.39 is 17.9 Å². The summed E-state index contributed by atoms with van der Waals surface area (Å²) in [7, 11) is 0. The van der Waals surface area contributed by atoms with Crippen LogP contribution >= 0.6 is 0 Å². The summed E-state index contributed by atoms with van der Waals surface area (Å²) in [4.78, 5) is 33.7. The molecule has 0 aliphatic rings. The third kappa shape index (κ3) is 6.12. The maximum absolute atomic E-state index is 11.7. The van der Waals surface area contributed by atoms with Gasteiger partial charge in [-0.25, -0.2) is 14.4 Å². The summed E-state index contributed by atoms with van der Waals surface area (Å²) < 4.78 is 9.58. The van der Waals surface area contributed by atoms with Gasteiger partial charge >= 0.3 is 47.5 Å². The summed E-state index contributed by atoms with van der Waals surface area (Å²) in [5, 5.41) is 8.93. The summed E-state index contributed by atoms with van der Waals surface area (Å²) in [5.74, 6) is -2.58. The second kappa shape index (κ2) is 9.33. The molecule has 0 aromatic heterocycles. The molecule has 0 fully saturated rings. The Labute approximate surface area is 145 Å². The van der Waals surface area contributed by atoms with Gasteiger partial charge in [0.1, 0.15) is 13.2 Å². The number of aromatic carboxylic acids is 1. The van der Waals surface area contributed by atoms with Crippen molar-refractivity contribution in [3.63, 3.8) is 0 Å². The Morgan fingerprint density at radius 2 is 1.67 bits per heavy atom. The molecule has 0 aliphatic carbocycles. The molecule has 7 heteroatoms. The van der Waals surface area contributed by atoms with Crippen molar-refractivity contribution >= 4 is 17.9 Å². The molecule has 21 heavy (non-hydrogen) atoms. The summed E-state index contributed by atoms with van der Waals surface area (Å²) in [5.41, 5.74) is 0.0511. The number of carbonyl (C=O) groups is 3. The van der Waals surface area contributed by atoms with Gasteiger partial charge in [-0.05, 0) is 19.1 Å². The van der Waals surface area contributed by atoms with Crippen molar-refractivity contribution in [2.24, 2.45) is 0 Å². The maximum Gasteiger partial charge on any atom is 1.00 e. The van der Waals surface area contributed by atoms with Crippen LogP contribution in [0.25, 0.3) is 0 Å². The number of esters is 2. The fourth-order valence-corrected chi connectivity index (χ4v) is 1.32. The van der Waals surface area contributed by atoms with Crippen molar-refractivity contribution in [2.75, 3.05) is 13.2 Å². The molecular formula is C14H15NaO6. The molecule has 0 saturated heterocycles. The van der Waals surface area contributed by atoms with Crippen LogP contribution in [0.4, 0.5) is 0 Å². The van der Waals surface area contributed by atoms with E-state index in [1.54, 1.807) is 0 Å². The van der Waals surface area contributed by atoms with Crippen molar-refractivity contribution in [3.05, 3.63) is 47.5 Å². The van der Waals surface area contributed by atoms with Crippen LogP contribution in [0.15, 0.2) is 36.4 Å². The Kier molecular flexibility index (Phi) is 8.61. The van der Waals surface area contributed by atoms with E-state index in [2.05, 4.69) is 6.58 Å². The second-order valence-corrected chi connectivity index (χ2v) is 3.90. The Hall–Kier alpha value is -1.63. The standard InChI is InChI=1S/C14H14O6.Na.H/c1-9(2)13(17)19-7-8-20-14(18)11-6-4-3-5-10(11)12(15)16;;/h3-6H,1,7-8H2,2H3,(H,15,16);;/q;+1;-1. The smallest absolute Gasteiger partial charge is 1.00 e. The topological polar surface area (TPSA) is 89.9 Å². The van der Waals surface area contributed by atoms with Gasteiger partial charge in [0, 0.05) is 5.57 Å². The summed E-state index contributed by atoms with van der Waals surface area (Å²) in [6.07, 6.45) is 0. The molecule has 0 atom stereocenters. The molecule has 1 aromatic rings. The van der Waals surface area contributed by atoms with Crippen molar-refractivity contribution in [1.82, 2.24) is 0 Å². The first-order valence-electron chi connectivity index (χ1n) is 5.75. The van der Waals surface area contributed by atoms with Crippen LogP contribution in [0.3, 0.4) is 0 Å². The van der Waals surface area contributed by atoms with Crippen molar-refractivity contribution in [1.29, 1.82) is 0 Å². The normalized spacial score (nSPS) is 9.19. The molecule has 0 spiro atoms. The van der Waals surface area contributed by atoms with Crippen LogP contribution in [-0.2, 0) is 14.3 Å². The van der Waals surface area contributed by atoms with Crippen LogP contribution in [-0.4, -0.2) is 36.2 Å². The zero-order valence-electron chi connectivity index (χ0n) is 12.9. The van der Waals surface area contributed by atoms with E-state index in [1.165, 1.54) is 31.2 Å². The van der Waals surface area contributed by atoms with Crippen LogP contribution in [0.2, 0.25) is 0 Å². The molecule has 0 saturated carbocycles. The molecule has 1 aromatic carbocycles. The van der Waals surface area contributed by atoms with Gasteiger partial charge in [-0.15, -0.1) is 0 Å².